The number of hydrogen-bond acceptors (Lipinski definition) is 2. The van der Waals surface area contributed by atoms with Crippen LogP contribution in [0.2, 0.25) is 0 Å². The molecule has 2 nitrogen and oxygen atoms in total. The number of rotatable bonds is 3. The van der Waals surface area contributed by atoms with E-state index < -0.39 is 11.4 Å². The molecule has 0 radical (unpaired) electrons. The number of carboxylic acids is 1. The van der Waals surface area contributed by atoms with Gasteiger partial charge in [0.15, 0.2) is 0 Å². The predicted molar refractivity (Wildman–Crippen MR) is 66.6 cm³/mol. The molecule has 0 bridgehead atoms. The number of halogens is 1. The zero-order chi connectivity index (χ0) is 11.6. The summed E-state index contributed by atoms with van der Waals surface area (Å²) in [5.41, 5.74) is -0.0425. The largest absolute Gasteiger partial charge is 0.481 e. The second kappa shape index (κ2) is 4.58. The highest BCUT2D eigenvalue weighted by molar-refractivity contribution is 9.10. The number of aliphatic carboxylic acids is 1. The highest BCUT2D eigenvalue weighted by atomic mass is 79.9. The van der Waals surface area contributed by atoms with E-state index in [-0.39, 0.29) is 0 Å². The number of benzene rings is 1. The Balaban J connectivity index is 3.18. The van der Waals surface area contributed by atoms with E-state index in [0.29, 0.717) is 0 Å². The van der Waals surface area contributed by atoms with Crippen molar-refractivity contribution >= 4 is 33.7 Å². The van der Waals surface area contributed by atoms with E-state index in [2.05, 4.69) is 15.9 Å². The second-order valence-electron chi connectivity index (χ2n) is 3.78. The van der Waals surface area contributed by atoms with Gasteiger partial charge in [-0.2, -0.15) is 0 Å². The van der Waals surface area contributed by atoms with Crippen molar-refractivity contribution in [1.82, 2.24) is 0 Å². The number of hydrogen-bond donors (Lipinski definition) is 1. The number of thioether (sulfide) groups is 1. The van der Waals surface area contributed by atoms with E-state index in [1.165, 1.54) is 0 Å². The molecule has 0 spiro atoms. The van der Waals surface area contributed by atoms with Crippen molar-refractivity contribution in [3.05, 3.63) is 28.2 Å². The standard InChI is InChI=1S/C11H13BrO2S/c1-11(2,10(13)14)7-4-5-9(15-3)8(12)6-7/h4-6H,1-3H3,(H,13,14). The maximum atomic E-state index is 11.1. The third kappa shape index (κ3) is 2.55. The summed E-state index contributed by atoms with van der Waals surface area (Å²) in [6.45, 7) is 3.41. The molecule has 82 valence electrons. The van der Waals surface area contributed by atoms with Crippen molar-refractivity contribution in [3.63, 3.8) is 0 Å². The van der Waals surface area contributed by atoms with Crippen LogP contribution < -0.4 is 0 Å². The number of carboxylic acid groups (broad SMARTS) is 1. The van der Waals surface area contributed by atoms with Gasteiger partial charge >= 0.3 is 5.97 Å². The van der Waals surface area contributed by atoms with Crippen LogP contribution in [0.4, 0.5) is 0 Å². The Morgan fingerprint density at radius 3 is 2.47 bits per heavy atom. The highest BCUT2D eigenvalue weighted by Crippen LogP contribution is 2.31. The lowest BCUT2D eigenvalue weighted by Gasteiger charge is -2.20. The normalized spacial score (nSPS) is 11.5. The minimum absolute atomic E-state index is 0.805. The van der Waals surface area contributed by atoms with Crippen LogP contribution in [0.5, 0.6) is 0 Å². The van der Waals surface area contributed by atoms with Crippen molar-refractivity contribution in [2.75, 3.05) is 6.26 Å². The molecule has 0 saturated heterocycles. The average molecular weight is 289 g/mol. The molecule has 0 aliphatic carbocycles. The molecule has 0 atom stereocenters. The van der Waals surface area contributed by atoms with Gasteiger partial charge in [0.25, 0.3) is 0 Å². The minimum atomic E-state index is -0.848. The molecule has 0 amide bonds. The predicted octanol–water partition coefficient (Wildman–Crippen LogP) is 3.53. The molecule has 1 aromatic carbocycles. The lowest BCUT2D eigenvalue weighted by Crippen LogP contribution is -2.28. The maximum Gasteiger partial charge on any atom is 0.313 e. The molecular formula is C11H13BrO2S. The van der Waals surface area contributed by atoms with Gasteiger partial charge in [0, 0.05) is 9.37 Å². The summed E-state index contributed by atoms with van der Waals surface area (Å²) in [5.74, 6) is -0.814. The van der Waals surface area contributed by atoms with Gasteiger partial charge in [-0.1, -0.05) is 6.07 Å². The summed E-state index contributed by atoms with van der Waals surface area (Å²) in [7, 11) is 0. The molecule has 0 aromatic heterocycles. The van der Waals surface area contributed by atoms with Crippen molar-refractivity contribution in [2.24, 2.45) is 0 Å². The van der Waals surface area contributed by atoms with Gasteiger partial charge in [0.05, 0.1) is 5.41 Å². The molecule has 1 N–H and O–H groups in total. The second-order valence-corrected chi connectivity index (χ2v) is 5.48. The molecule has 4 heteroatoms. The molecule has 0 saturated carbocycles. The van der Waals surface area contributed by atoms with Crippen molar-refractivity contribution < 1.29 is 9.90 Å². The first-order valence-corrected chi connectivity index (χ1v) is 6.48. The van der Waals surface area contributed by atoms with Crippen molar-refractivity contribution in [2.45, 2.75) is 24.2 Å². The Bertz CT molecular complexity index is 388. The fourth-order valence-electron chi connectivity index (χ4n) is 1.18. The molecule has 0 heterocycles. The third-order valence-electron chi connectivity index (χ3n) is 2.41. The fourth-order valence-corrected chi connectivity index (χ4v) is 2.50. The third-order valence-corrected chi connectivity index (χ3v) is 4.12. The Labute approximate surface area is 102 Å². The van der Waals surface area contributed by atoms with E-state index in [0.717, 1.165) is 14.9 Å². The SMILES string of the molecule is CSc1ccc(C(C)(C)C(=O)O)cc1Br. The van der Waals surface area contributed by atoms with Gasteiger partial charge in [-0.25, -0.2) is 0 Å². The van der Waals surface area contributed by atoms with Crippen LogP contribution in [0, 0.1) is 0 Å². The van der Waals surface area contributed by atoms with E-state index in [1.54, 1.807) is 25.6 Å². The van der Waals surface area contributed by atoms with E-state index in [1.807, 2.05) is 24.5 Å². The van der Waals surface area contributed by atoms with Gasteiger partial charge < -0.3 is 5.11 Å². The lowest BCUT2D eigenvalue weighted by molar-refractivity contribution is -0.142. The van der Waals surface area contributed by atoms with Gasteiger partial charge in [-0.15, -0.1) is 11.8 Å². The van der Waals surface area contributed by atoms with Crippen LogP contribution in [0.15, 0.2) is 27.6 Å². The minimum Gasteiger partial charge on any atom is -0.481 e. The Morgan fingerprint density at radius 2 is 2.07 bits per heavy atom. The van der Waals surface area contributed by atoms with Crippen molar-refractivity contribution in [3.8, 4) is 0 Å². The first-order chi connectivity index (χ1) is 6.89. The fraction of sp³-hybridized carbons (Fsp3) is 0.364. The summed E-state index contributed by atoms with van der Waals surface area (Å²) in [5, 5.41) is 9.09. The molecule has 0 aliphatic rings. The number of carbonyl (C=O) groups is 1. The molecule has 0 fully saturated rings. The quantitative estimate of drug-likeness (QED) is 0.865. The van der Waals surface area contributed by atoms with Gasteiger partial charge in [0.2, 0.25) is 0 Å². The van der Waals surface area contributed by atoms with E-state index in [9.17, 15) is 4.79 Å². The molecule has 0 unspecified atom stereocenters. The summed E-state index contributed by atoms with van der Waals surface area (Å²) in [4.78, 5) is 12.2. The van der Waals surface area contributed by atoms with Crippen LogP contribution in [-0.2, 0) is 10.2 Å². The summed E-state index contributed by atoms with van der Waals surface area (Å²) in [6, 6.07) is 5.68. The lowest BCUT2D eigenvalue weighted by atomic mass is 9.85. The van der Waals surface area contributed by atoms with Crippen molar-refractivity contribution in [1.29, 1.82) is 0 Å². The monoisotopic (exact) mass is 288 g/mol. The Kier molecular flexibility index (Phi) is 3.84. The van der Waals surface area contributed by atoms with Crippen LogP contribution in [-0.4, -0.2) is 17.3 Å². The molecule has 15 heavy (non-hydrogen) atoms. The summed E-state index contributed by atoms with van der Waals surface area (Å²) < 4.78 is 0.946. The van der Waals surface area contributed by atoms with Crippen LogP contribution in [0.25, 0.3) is 0 Å². The highest BCUT2D eigenvalue weighted by Gasteiger charge is 2.29. The average Bonchev–Trinajstić information content (AvgIpc) is 2.17. The van der Waals surface area contributed by atoms with Crippen LogP contribution in [0.1, 0.15) is 19.4 Å². The molecule has 1 rings (SSSR count). The molecule has 1 aromatic rings. The first-order valence-electron chi connectivity index (χ1n) is 4.47. The van der Waals surface area contributed by atoms with Crippen LogP contribution in [0.3, 0.4) is 0 Å². The first kappa shape index (κ1) is 12.6. The van der Waals surface area contributed by atoms with Gasteiger partial charge in [-0.3, -0.25) is 4.79 Å². The topological polar surface area (TPSA) is 37.3 Å². The zero-order valence-corrected chi connectivity index (χ0v) is 11.3. The van der Waals surface area contributed by atoms with Gasteiger partial charge in [0.1, 0.15) is 0 Å². The van der Waals surface area contributed by atoms with E-state index >= 15 is 0 Å². The Hall–Kier alpha value is -0.480. The summed E-state index contributed by atoms with van der Waals surface area (Å²) >= 11 is 5.06. The Morgan fingerprint density at radius 1 is 1.47 bits per heavy atom. The molecular weight excluding hydrogens is 276 g/mol. The van der Waals surface area contributed by atoms with E-state index in [4.69, 9.17) is 5.11 Å². The summed E-state index contributed by atoms with van der Waals surface area (Å²) in [6.07, 6.45) is 1.99. The smallest absolute Gasteiger partial charge is 0.313 e. The van der Waals surface area contributed by atoms with Gasteiger partial charge in [-0.05, 0) is 53.7 Å². The zero-order valence-electron chi connectivity index (χ0n) is 8.87. The van der Waals surface area contributed by atoms with Crippen LogP contribution >= 0.6 is 27.7 Å². The maximum absolute atomic E-state index is 11.1. The molecule has 0 aliphatic heterocycles.